The topological polar surface area (TPSA) is 34.2 Å². The SMILES string of the molecule is Cc1ncccc1CNCC1CCCCO1.Cl. The van der Waals surface area contributed by atoms with Gasteiger partial charge in [0.25, 0.3) is 0 Å². The minimum Gasteiger partial charge on any atom is -0.377 e. The molecule has 0 aliphatic carbocycles. The van der Waals surface area contributed by atoms with Gasteiger partial charge in [-0.05, 0) is 37.8 Å². The van der Waals surface area contributed by atoms with E-state index in [1.807, 2.05) is 19.2 Å². The highest BCUT2D eigenvalue weighted by Gasteiger charge is 2.12. The summed E-state index contributed by atoms with van der Waals surface area (Å²) in [6.07, 6.45) is 5.96. The van der Waals surface area contributed by atoms with E-state index in [0.29, 0.717) is 6.10 Å². The fourth-order valence-corrected chi connectivity index (χ4v) is 2.04. The van der Waals surface area contributed by atoms with Gasteiger partial charge < -0.3 is 10.1 Å². The molecule has 0 amide bonds. The predicted molar refractivity (Wildman–Crippen MR) is 71.5 cm³/mol. The van der Waals surface area contributed by atoms with Gasteiger partial charge in [0.1, 0.15) is 0 Å². The molecule has 0 spiro atoms. The summed E-state index contributed by atoms with van der Waals surface area (Å²) in [5.41, 5.74) is 2.39. The Labute approximate surface area is 109 Å². The number of rotatable bonds is 4. The van der Waals surface area contributed by atoms with Gasteiger partial charge in [-0.25, -0.2) is 0 Å². The molecule has 1 aromatic heterocycles. The first-order valence-corrected chi connectivity index (χ1v) is 6.09. The Kier molecular flexibility index (Phi) is 6.48. The van der Waals surface area contributed by atoms with Gasteiger partial charge in [-0.2, -0.15) is 0 Å². The molecule has 0 aromatic carbocycles. The average molecular weight is 257 g/mol. The van der Waals surface area contributed by atoms with Crippen LogP contribution in [0, 0.1) is 6.92 Å². The number of pyridine rings is 1. The molecule has 2 heterocycles. The number of aromatic nitrogens is 1. The Bertz CT molecular complexity index is 327. The lowest BCUT2D eigenvalue weighted by Crippen LogP contribution is -2.31. The molecule has 1 aliphatic rings. The van der Waals surface area contributed by atoms with E-state index in [1.54, 1.807) is 0 Å². The van der Waals surface area contributed by atoms with E-state index in [2.05, 4.69) is 16.4 Å². The van der Waals surface area contributed by atoms with Crippen molar-refractivity contribution in [3.63, 3.8) is 0 Å². The van der Waals surface area contributed by atoms with Gasteiger partial charge in [-0.1, -0.05) is 6.07 Å². The van der Waals surface area contributed by atoms with Crippen LogP contribution in [0.5, 0.6) is 0 Å². The summed E-state index contributed by atoms with van der Waals surface area (Å²) >= 11 is 0. The number of ether oxygens (including phenoxy) is 1. The summed E-state index contributed by atoms with van der Waals surface area (Å²) in [5.74, 6) is 0. The van der Waals surface area contributed by atoms with E-state index in [1.165, 1.54) is 24.8 Å². The third kappa shape index (κ3) is 4.62. The van der Waals surface area contributed by atoms with Gasteiger partial charge in [0.2, 0.25) is 0 Å². The molecule has 1 N–H and O–H groups in total. The van der Waals surface area contributed by atoms with Gasteiger partial charge >= 0.3 is 0 Å². The van der Waals surface area contributed by atoms with E-state index in [-0.39, 0.29) is 12.4 Å². The Morgan fingerprint density at radius 1 is 1.47 bits per heavy atom. The number of aryl methyl sites for hydroxylation is 1. The van der Waals surface area contributed by atoms with E-state index in [0.717, 1.165) is 25.4 Å². The van der Waals surface area contributed by atoms with Crippen LogP contribution < -0.4 is 5.32 Å². The standard InChI is InChI=1S/C13H20N2O.ClH/c1-11-12(5-4-7-15-11)9-14-10-13-6-2-3-8-16-13;/h4-5,7,13-14H,2-3,6,8-10H2,1H3;1H. The molecular weight excluding hydrogens is 236 g/mol. The molecule has 0 saturated carbocycles. The van der Waals surface area contributed by atoms with Gasteiger partial charge in [0.15, 0.2) is 0 Å². The summed E-state index contributed by atoms with van der Waals surface area (Å²) in [5, 5.41) is 3.45. The number of hydrogen-bond donors (Lipinski definition) is 1. The number of hydrogen-bond acceptors (Lipinski definition) is 3. The molecule has 0 bridgehead atoms. The Hall–Kier alpha value is -0.640. The summed E-state index contributed by atoms with van der Waals surface area (Å²) in [6, 6.07) is 4.11. The van der Waals surface area contributed by atoms with Crippen LogP contribution in [-0.4, -0.2) is 24.2 Å². The molecule has 1 aromatic rings. The highest BCUT2D eigenvalue weighted by atomic mass is 35.5. The van der Waals surface area contributed by atoms with E-state index in [9.17, 15) is 0 Å². The molecule has 1 saturated heterocycles. The molecule has 1 atom stereocenters. The quantitative estimate of drug-likeness (QED) is 0.899. The first-order chi connectivity index (χ1) is 7.86. The zero-order chi connectivity index (χ0) is 11.2. The van der Waals surface area contributed by atoms with E-state index >= 15 is 0 Å². The maximum atomic E-state index is 5.67. The second-order valence-electron chi connectivity index (χ2n) is 4.37. The summed E-state index contributed by atoms with van der Waals surface area (Å²) < 4.78 is 5.67. The zero-order valence-electron chi connectivity index (χ0n) is 10.3. The maximum Gasteiger partial charge on any atom is 0.0699 e. The number of nitrogens with zero attached hydrogens (tertiary/aromatic N) is 1. The fraction of sp³-hybridized carbons (Fsp3) is 0.615. The lowest BCUT2D eigenvalue weighted by molar-refractivity contribution is 0.0168. The highest BCUT2D eigenvalue weighted by Crippen LogP contribution is 2.12. The maximum absolute atomic E-state index is 5.67. The summed E-state index contributed by atoms with van der Waals surface area (Å²) in [7, 11) is 0. The van der Waals surface area contributed by atoms with Crippen LogP contribution in [0.25, 0.3) is 0 Å². The monoisotopic (exact) mass is 256 g/mol. The minimum absolute atomic E-state index is 0. The van der Waals surface area contributed by atoms with Crippen LogP contribution in [0.3, 0.4) is 0 Å². The van der Waals surface area contributed by atoms with Crippen molar-refractivity contribution in [2.45, 2.75) is 38.8 Å². The predicted octanol–water partition coefficient (Wildman–Crippen LogP) is 2.47. The molecular formula is C13H21ClN2O. The second-order valence-corrected chi connectivity index (χ2v) is 4.37. The van der Waals surface area contributed by atoms with Crippen LogP contribution in [-0.2, 0) is 11.3 Å². The van der Waals surface area contributed by atoms with Crippen molar-refractivity contribution in [3.05, 3.63) is 29.6 Å². The van der Waals surface area contributed by atoms with Crippen LogP contribution in [0.4, 0.5) is 0 Å². The average Bonchev–Trinajstić information content (AvgIpc) is 2.33. The Morgan fingerprint density at radius 3 is 3.06 bits per heavy atom. The summed E-state index contributed by atoms with van der Waals surface area (Å²) in [4.78, 5) is 4.27. The molecule has 1 unspecified atom stereocenters. The molecule has 3 nitrogen and oxygen atoms in total. The van der Waals surface area contributed by atoms with Crippen molar-refractivity contribution >= 4 is 12.4 Å². The summed E-state index contributed by atoms with van der Waals surface area (Å²) in [6.45, 7) is 4.82. The van der Waals surface area contributed by atoms with Crippen LogP contribution >= 0.6 is 12.4 Å². The van der Waals surface area contributed by atoms with Crippen LogP contribution in [0.15, 0.2) is 18.3 Å². The first kappa shape index (κ1) is 14.4. The van der Waals surface area contributed by atoms with Gasteiger partial charge in [0, 0.05) is 31.6 Å². The second kappa shape index (κ2) is 7.64. The lowest BCUT2D eigenvalue weighted by Gasteiger charge is -2.22. The van der Waals surface area contributed by atoms with Crippen molar-refractivity contribution in [1.82, 2.24) is 10.3 Å². The van der Waals surface area contributed by atoms with Crippen molar-refractivity contribution in [3.8, 4) is 0 Å². The Balaban J connectivity index is 0.00000144. The molecule has 0 radical (unpaired) electrons. The molecule has 1 fully saturated rings. The molecule has 2 rings (SSSR count). The molecule has 96 valence electrons. The normalized spacial score (nSPS) is 19.7. The zero-order valence-corrected chi connectivity index (χ0v) is 11.1. The minimum atomic E-state index is 0. The molecule has 4 heteroatoms. The van der Waals surface area contributed by atoms with Crippen molar-refractivity contribution < 1.29 is 4.74 Å². The first-order valence-electron chi connectivity index (χ1n) is 6.09. The molecule has 1 aliphatic heterocycles. The van der Waals surface area contributed by atoms with Crippen molar-refractivity contribution in [2.75, 3.05) is 13.2 Å². The van der Waals surface area contributed by atoms with Gasteiger partial charge in [-0.15, -0.1) is 12.4 Å². The Morgan fingerprint density at radius 2 is 2.35 bits per heavy atom. The third-order valence-corrected chi connectivity index (χ3v) is 3.08. The number of nitrogens with one attached hydrogen (secondary N) is 1. The van der Waals surface area contributed by atoms with Crippen LogP contribution in [0.2, 0.25) is 0 Å². The van der Waals surface area contributed by atoms with Gasteiger partial charge in [-0.3, -0.25) is 4.98 Å². The third-order valence-electron chi connectivity index (χ3n) is 3.08. The smallest absolute Gasteiger partial charge is 0.0699 e. The van der Waals surface area contributed by atoms with Crippen molar-refractivity contribution in [1.29, 1.82) is 0 Å². The lowest BCUT2D eigenvalue weighted by atomic mass is 10.1. The van der Waals surface area contributed by atoms with Crippen LogP contribution in [0.1, 0.15) is 30.5 Å². The highest BCUT2D eigenvalue weighted by molar-refractivity contribution is 5.85. The van der Waals surface area contributed by atoms with E-state index in [4.69, 9.17) is 4.74 Å². The van der Waals surface area contributed by atoms with E-state index < -0.39 is 0 Å². The van der Waals surface area contributed by atoms with Crippen molar-refractivity contribution in [2.24, 2.45) is 0 Å². The fourth-order valence-electron chi connectivity index (χ4n) is 2.04. The molecule has 17 heavy (non-hydrogen) atoms. The van der Waals surface area contributed by atoms with Gasteiger partial charge in [0.05, 0.1) is 6.10 Å². The number of halogens is 1. The largest absolute Gasteiger partial charge is 0.377 e.